The standard InChI is InChI=1S/C14H16BrNOS/c1-10(15)7-8-16(2)14(17)12-9-18-13-6-4-3-5-11(12)13/h3-6,9-10H,7-8H2,1-2H3. The van der Waals surface area contributed by atoms with Gasteiger partial charge in [0.2, 0.25) is 0 Å². The molecule has 1 heterocycles. The third-order valence-electron chi connectivity index (χ3n) is 2.92. The molecule has 2 nitrogen and oxygen atoms in total. The zero-order valence-corrected chi connectivity index (χ0v) is 12.9. The Labute approximate surface area is 120 Å². The average Bonchev–Trinajstić information content (AvgIpc) is 2.78. The van der Waals surface area contributed by atoms with Crippen LogP contribution in [0.3, 0.4) is 0 Å². The van der Waals surface area contributed by atoms with Gasteiger partial charge in [-0.3, -0.25) is 4.79 Å². The van der Waals surface area contributed by atoms with E-state index in [0.717, 1.165) is 23.9 Å². The number of benzene rings is 1. The Kier molecular flexibility index (Phi) is 4.40. The van der Waals surface area contributed by atoms with Gasteiger partial charge in [-0.1, -0.05) is 41.1 Å². The molecule has 4 heteroatoms. The number of nitrogens with zero attached hydrogens (tertiary/aromatic N) is 1. The first-order chi connectivity index (χ1) is 8.59. The van der Waals surface area contributed by atoms with Gasteiger partial charge in [-0.25, -0.2) is 0 Å². The number of thiophene rings is 1. The summed E-state index contributed by atoms with van der Waals surface area (Å²) in [7, 11) is 1.87. The monoisotopic (exact) mass is 325 g/mol. The molecule has 2 rings (SSSR count). The summed E-state index contributed by atoms with van der Waals surface area (Å²) in [6, 6.07) is 8.05. The summed E-state index contributed by atoms with van der Waals surface area (Å²) >= 11 is 5.13. The highest BCUT2D eigenvalue weighted by Gasteiger charge is 2.16. The van der Waals surface area contributed by atoms with E-state index < -0.39 is 0 Å². The lowest BCUT2D eigenvalue weighted by atomic mass is 10.1. The fourth-order valence-corrected chi connectivity index (χ4v) is 2.96. The molecule has 0 bridgehead atoms. The lowest BCUT2D eigenvalue weighted by Crippen LogP contribution is -2.28. The van der Waals surface area contributed by atoms with Gasteiger partial charge >= 0.3 is 0 Å². The molecular formula is C14H16BrNOS. The molecule has 0 radical (unpaired) electrons. The molecule has 96 valence electrons. The zero-order valence-electron chi connectivity index (χ0n) is 10.5. The Hall–Kier alpha value is -0.870. The fourth-order valence-electron chi connectivity index (χ4n) is 1.82. The first kappa shape index (κ1) is 13.6. The van der Waals surface area contributed by atoms with Crippen LogP contribution in [0.1, 0.15) is 23.7 Å². The second kappa shape index (κ2) is 5.85. The van der Waals surface area contributed by atoms with E-state index >= 15 is 0 Å². The summed E-state index contributed by atoms with van der Waals surface area (Å²) in [5.41, 5.74) is 0.820. The van der Waals surface area contributed by atoms with E-state index in [1.165, 1.54) is 4.70 Å². The normalized spacial score (nSPS) is 12.6. The fraction of sp³-hybridized carbons (Fsp3) is 0.357. The van der Waals surface area contributed by atoms with E-state index in [9.17, 15) is 4.79 Å². The van der Waals surface area contributed by atoms with Crippen LogP contribution in [0.15, 0.2) is 29.6 Å². The number of halogens is 1. The minimum atomic E-state index is 0.112. The maximum atomic E-state index is 12.3. The van der Waals surface area contributed by atoms with Crippen LogP contribution in [0, 0.1) is 0 Å². The number of carbonyl (C=O) groups is 1. The van der Waals surface area contributed by atoms with Gasteiger partial charge in [0.1, 0.15) is 0 Å². The van der Waals surface area contributed by atoms with Crippen LogP contribution in [0.5, 0.6) is 0 Å². The van der Waals surface area contributed by atoms with Crippen molar-refractivity contribution < 1.29 is 4.79 Å². The predicted octanol–water partition coefficient (Wildman–Crippen LogP) is 4.15. The first-order valence-corrected chi connectivity index (χ1v) is 7.75. The molecule has 0 aliphatic rings. The number of carbonyl (C=O) groups excluding carboxylic acids is 1. The minimum absolute atomic E-state index is 0.112. The topological polar surface area (TPSA) is 20.3 Å². The molecular weight excluding hydrogens is 310 g/mol. The van der Waals surface area contributed by atoms with Crippen LogP contribution in [0.2, 0.25) is 0 Å². The van der Waals surface area contributed by atoms with E-state index in [-0.39, 0.29) is 5.91 Å². The summed E-state index contributed by atoms with van der Waals surface area (Å²) in [5, 5.41) is 3.02. The number of hydrogen-bond acceptors (Lipinski definition) is 2. The van der Waals surface area contributed by atoms with E-state index in [4.69, 9.17) is 0 Å². The Balaban J connectivity index is 2.18. The van der Waals surface area contributed by atoms with Crippen LogP contribution >= 0.6 is 27.3 Å². The second-order valence-corrected chi connectivity index (χ2v) is 6.92. The highest BCUT2D eigenvalue weighted by Crippen LogP contribution is 2.26. The Morgan fingerprint density at radius 2 is 2.17 bits per heavy atom. The number of amides is 1. The van der Waals surface area contributed by atoms with Crippen molar-refractivity contribution in [2.24, 2.45) is 0 Å². The summed E-state index contributed by atoms with van der Waals surface area (Å²) in [6.07, 6.45) is 0.963. The van der Waals surface area contributed by atoms with Gasteiger partial charge in [0.05, 0.1) is 5.56 Å². The molecule has 0 fully saturated rings. The minimum Gasteiger partial charge on any atom is -0.342 e. The second-order valence-electron chi connectivity index (χ2n) is 4.44. The van der Waals surface area contributed by atoms with Gasteiger partial charge in [-0.2, -0.15) is 0 Å². The van der Waals surface area contributed by atoms with Gasteiger partial charge in [0.25, 0.3) is 5.91 Å². The highest BCUT2D eigenvalue weighted by atomic mass is 79.9. The van der Waals surface area contributed by atoms with Crippen molar-refractivity contribution in [3.05, 3.63) is 35.2 Å². The lowest BCUT2D eigenvalue weighted by Gasteiger charge is -2.17. The Morgan fingerprint density at radius 3 is 2.89 bits per heavy atom. The molecule has 0 aliphatic carbocycles. The van der Waals surface area contributed by atoms with E-state index in [1.54, 1.807) is 16.2 Å². The quantitative estimate of drug-likeness (QED) is 0.773. The molecule has 1 amide bonds. The molecule has 1 atom stereocenters. The largest absolute Gasteiger partial charge is 0.342 e. The van der Waals surface area contributed by atoms with Crippen LogP contribution in [-0.2, 0) is 0 Å². The van der Waals surface area contributed by atoms with Gasteiger partial charge in [0, 0.05) is 33.9 Å². The average molecular weight is 326 g/mol. The summed E-state index contributed by atoms with van der Waals surface area (Å²) in [6.45, 7) is 2.87. The number of rotatable bonds is 4. The zero-order chi connectivity index (χ0) is 13.1. The Morgan fingerprint density at radius 1 is 1.44 bits per heavy atom. The first-order valence-electron chi connectivity index (χ1n) is 5.95. The van der Waals surface area contributed by atoms with E-state index in [2.05, 4.69) is 28.9 Å². The molecule has 0 N–H and O–H groups in total. The third-order valence-corrected chi connectivity index (χ3v) is 4.34. The smallest absolute Gasteiger partial charge is 0.255 e. The summed E-state index contributed by atoms with van der Waals surface area (Å²) in [4.78, 5) is 14.6. The summed E-state index contributed by atoms with van der Waals surface area (Å²) in [5.74, 6) is 0.112. The van der Waals surface area contributed by atoms with Crippen LogP contribution in [-0.4, -0.2) is 29.2 Å². The molecule has 2 aromatic rings. The summed E-state index contributed by atoms with van der Waals surface area (Å²) < 4.78 is 1.17. The number of hydrogen-bond donors (Lipinski definition) is 0. The van der Waals surface area contributed by atoms with Crippen molar-refractivity contribution in [1.29, 1.82) is 0 Å². The van der Waals surface area contributed by atoms with E-state index in [1.807, 2.05) is 30.6 Å². The highest BCUT2D eigenvalue weighted by molar-refractivity contribution is 9.09. The maximum absolute atomic E-state index is 12.3. The van der Waals surface area contributed by atoms with Gasteiger partial charge < -0.3 is 4.90 Å². The predicted molar refractivity (Wildman–Crippen MR) is 81.8 cm³/mol. The molecule has 1 unspecified atom stereocenters. The molecule has 1 aromatic heterocycles. The number of alkyl halides is 1. The van der Waals surface area contributed by atoms with Crippen LogP contribution in [0.25, 0.3) is 10.1 Å². The Bertz CT molecular complexity index is 549. The van der Waals surface area contributed by atoms with Crippen molar-refractivity contribution in [3.8, 4) is 0 Å². The number of fused-ring (bicyclic) bond motifs is 1. The van der Waals surface area contributed by atoms with Crippen molar-refractivity contribution in [1.82, 2.24) is 4.90 Å². The molecule has 0 saturated heterocycles. The van der Waals surface area contributed by atoms with Gasteiger partial charge in [-0.15, -0.1) is 11.3 Å². The van der Waals surface area contributed by atoms with Crippen molar-refractivity contribution in [2.45, 2.75) is 18.2 Å². The molecule has 0 aliphatic heterocycles. The molecule has 0 spiro atoms. The van der Waals surface area contributed by atoms with E-state index in [0.29, 0.717) is 4.83 Å². The maximum Gasteiger partial charge on any atom is 0.255 e. The SMILES string of the molecule is CC(Br)CCN(C)C(=O)c1csc2ccccc12. The van der Waals surface area contributed by atoms with Crippen molar-refractivity contribution in [3.63, 3.8) is 0 Å². The van der Waals surface area contributed by atoms with Gasteiger partial charge in [0.15, 0.2) is 0 Å². The molecule has 18 heavy (non-hydrogen) atoms. The van der Waals surface area contributed by atoms with Gasteiger partial charge in [-0.05, 0) is 12.5 Å². The van der Waals surface area contributed by atoms with Crippen LogP contribution in [0.4, 0.5) is 0 Å². The molecule has 1 aromatic carbocycles. The van der Waals surface area contributed by atoms with Crippen molar-refractivity contribution >= 4 is 43.3 Å². The third kappa shape index (κ3) is 2.93. The lowest BCUT2D eigenvalue weighted by molar-refractivity contribution is 0.0796. The molecule has 0 saturated carbocycles. The van der Waals surface area contributed by atoms with Crippen molar-refractivity contribution in [2.75, 3.05) is 13.6 Å². The van der Waals surface area contributed by atoms with Crippen LogP contribution < -0.4 is 0 Å².